The molecule has 3 rings (SSSR count). The highest BCUT2D eigenvalue weighted by Gasteiger charge is 2.21. The Kier molecular flexibility index (Phi) is 3.93. The number of aryl methyl sites for hydroxylation is 1. The summed E-state index contributed by atoms with van der Waals surface area (Å²) in [5.41, 5.74) is 4.81. The van der Waals surface area contributed by atoms with Crippen molar-refractivity contribution in [3.8, 4) is 5.75 Å². The first-order valence-electron chi connectivity index (χ1n) is 7.32. The number of halogens is 1. The molecule has 0 aromatic heterocycles. The molecule has 0 saturated carbocycles. The second-order valence-electron chi connectivity index (χ2n) is 5.60. The van der Waals surface area contributed by atoms with Crippen molar-refractivity contribution in [2.45, 2.75) is 25.8 Å². The Morgan fingerprint density at radius 1 is 1.24 bits per heavy atom. The molecule has 2 aromatic rings. The van der Waals surface area contributed by atoms with E-state index in [4.69, 9.17) is 4.74 Å². The molecule has 1 aliphatic rings. The zero-order chi connectivity index (χ0) is 14.8. The Balaban J connectivity index is 1.92. The summed E-state index contributed by atoms with van der Waals surface area (Å²) in [6.45, 7) is 2.99. The van der Waals surface area contributed by atoms with E-state index >= 15 is 0 Å². The van der Waals surface area contributed by atoms with E-state index in [2.05, 4.69) is 17.4 Å². The summed E-state index contributed by atoms with van der Waals surface area (Å²) in [5.74, 6) is 0.704. The molecule has 2 nitrogen and oxygen atoms in total. The lowest BCUT2D eigenvalue weighted by molar-refractivity contribution is 0.411. The van der Waals surface area contributed by atoms with Crippen LogP contribution in [0.2, 0.25) is 0 Å². The summed E-state index contributed by atoms with van der Waals surface area (Å²) >= 11 is 0. The van der Waals surface area contributed by atoms with Gasteiger partial charge in [0.05, 0.1) is 7.11 Å². The summed E-state index contributed by atoms with van der Waals surface area (Å²) in [4.78, 5) is 0. The number of benzene rings is 2. The molecule has 21 heavy (non-hydrogen) atoms. The molecule has 1 atom stereocenters. The van der Waals surface area contributed by atoms with Crippen LogP contribution in [0.1, 0.15) is 28.3 Å². The van der Waals surface area contributed by atoms with Crippen molar-refractivity contribution in [1.82, 2.24) is 5.32 Å². The van der Waals surface area contributed by atoms with Gasteiger partial charge in [-0.25, -0.2) is 4.39 Å². The maximum absolute atomic E-state index is 13.5. The molecule has 0 bridgehead atoms. The molecular formula is C18H20FNO. The quantitative estimate of drug-likeness (QED) is 0.931. The highest BCUT2D eigenvalue weighted by atomic mass is 19.1. The standard InChI is InChI=1S/C18H20FNO/c1-12-3-5-15(19)9-14(12)10-18-17-11-16(21-2)6-4-13(17)7-8-20-18/h3-6,9,11,18,20H,7-8,10H2,1-2H3. The SMILES string of the molecule is COc1ccc2c(c1)C(Cc1cc(F)ccc1C)NCC2. The van der Waals surface area contributed by atoms with Crippen molar-refractivity contribution in [3.05, 3.63) is 64.5 Å². The molecule has 1 heterocycles. The number of rotatable bonds is 3. The van der Waals surface area contributed by atoms with Crippen molar-refractivity contribution in [2.75, 3.05) is 13.7 Å². The third-order valence-electron chi connectivity index (χ3n) is 4.25. The number of methoxy groups -OCH3 is 1. The molecule has 0 radical (unpaired) electrons. The van der Waals surface area contributed by atoms with Crippen LogP contribution in [0, 0.1) is 12.7 Å². The fourth-order valence-corrected chi connectivity index (χ4v) is 3.01. The first kappa shape index (κ1) is 14.1. The summed E-state index contributed by atoms with van der Waals surface area (Å²) in [5, 5.41) is 3.54. The van der Waals surface area contributed by atoms with Crippen LogP contribution in [-0.4, -0.2) is 13.7 Å². The summed E-state index contributed by atoms with van der Waals surface area (Å²) in [6, 6.07) is 11.5. The number of nitrogens with one attached hydrogen (secondary N) is 1. The molecule has 1 aliphatic heterocycles. The van der Waals surface area contributed by atoms with Crippen molar-refractivity contribution in [2.24, 2.45) is 0 Å². The van der Waals surface area contributed by atoms with Crippen LogP contribution in [0.4, 0.5) is 4.39 Å². The van der Waals surface area contributed by atoms with Crippen LogP contribution in [0.15, 0.2) is 36.4 Å². The lowest BCUT2D eigenvalue weighted by atomic mass is 9.89. The van der Waals surface area contributed by atoms with Crippen LogP contribution in [0.25, 0.3) is 0 Å². The lowest BCUT2D eigenvalue weighted by Crippen LogP contribution is -2.31. The van der Waals surface area contributed by atoms with E-state index in [9.17, 15) is 4.39 Å². The van der Waals surface area contributed by atoms with Crippen LogP contribution in [0.5, 0.6) is 5.75 Å². The minimum Gasteiger partial charge on any atom is -0.497 e. The summed E-state index contributed by atoms with van der Waals surface area (Å²) in [7, 11) is 1.68. The molecular weight excluding hydrogens is 265 g/mol. The van der Waals surface area contributed by atoms with E-state index in [0.29, 0.717) is 0 Å². The van der Waals surface area contributed by atoms with Gasteiger partial charge in [-0.3, -0.25) is 0 Å². The molecule has 3 heteroatoms. The van der Waals surface area contributed by atoms with Crippen molar-refractivity contribution in [1.29, 1.82) is 0 Å². The maximum atomic E-state index is 13.5. The Morgan fingerprint density at radius 2 is 2.10 bits per heavy atom. The second kappa shape index (κ2) is 5.86. The van der Waals surface area contributed by atoms with Gasteiger partial charge >= 0.3 is 0 Å². The van der Waals surface area contributed by atoms with E-state index in [0.717, 1.165) is 36.3 Å². The molecule has 0 fully saturated rings. The largest absolute Gasteiger partial charge is 0.497 e. The molecule has 1 N–H and O–H groups in total. The van der Waals surface area contributed by atoms with E-state index in [-0.39, 0.29) is 11.9 Å². The van der Waals surface area contributed by atoms with E-state index in [1.807, 2.05) is 19.1 Å². The van der Waals surface area contributed by atoms with Crippen molar-refractivity contribution in [3.63, 3.8) is 0 Å². The van der Waals surface area contributed by atoms with Crippen LogP contribution < -0.4 is 10.1 Å². The average Bonchev–Trinajstić information content (AvgIpc) is 2.51. The number of fused-ring (bicyclic) bond motifs is 1. The van der Waals surface area contributed by atoms with Gasteiger partial charge in [-0.05, 0) is 72.8 Å². The van der Waals surface area contributed by atoms with Gasteiger partial charge in [-0.15, -0.1) is 0 Å². The second-order valence-corrected chi connectivity index (χ2v) is 5.60. The predicted molar refractivity (Wildman–Crippen MR) is 82.3 cm³/mol. The minimum atomic E-state index is -0.169. The van der Waals surface area contributed by atoms with E-state index < -0.39 is 0 Å². The maximum Gasteiger partial charge on any atom is 0.123 e. The topological polar surface area (TPSA) is 21.3 Å². The van der Waals surface area contributed by atoms with Crippen LogP contribution in [0.3, 0.4) is 0 Å². The van der Waals surface area contributed by atoms with Gasteiger partial charge in [0.2, 0.25) is 0 Å². The van der Waals surface area contributed by atoms with E-state index in [1.54, 1.807) is 13.2 Å². The normalized spacial score (nSPS) is 17.4. The highest BCUT2D eigenvalue weighted by Crippen LogP contribution is 2.30. The fraction of sp³-hybridized carbons (Fsp3) is 0.333. The summed E-state index contributed by atoms with van der Waals surface area (Å²) in [6.07, 6.45) is 1.82. The molecule has 2 aromatic carbocycles. The van der Waals surface area contributed by atoms with Crippen LogP contribution in [-0.2, 0) is 12.8 Å². The minimum absolute atomic E-state index is 0.169. The average molecular weight is 285 g/mol. The highest BCUT2D eigenvalue weighted by molar-refractivity contribution is 5.40. The van der Waals surface area contributed by atoms with Gasteiger partial charge in [0.15, 0.2) is 0 Å². The molecule has 0 aliphatic carbocycles. The zero-order valence-electron chi connectivity index (χ0n) is 12.4. The Hall–Kier alpha value is -1.87. The predicted octanol–water partition coefficient (Wildman–Crippen LogP) is 3.57. The van der Waals surface area contributed by atoms with Crippen LogP contribution >= 0.6 is 0 Å². The van der Waals surface area contributed by atoms with Crippen molar-refractivity contribution >= 4 is 0 Å². The van der Waals surface area contributed by atoms with Gasteiger partial charge in [-0.1, -0.05) is 12.1 Å². The van der Waals surface area contributed by atoms with Gasteiger partial charge in [-0.2, -0.15) is 0 Å². The van der Waals surface area contributed by atoms with Gasteiger partial charge in [0, 0.05) is 6.04 Å². The number of hydrogen-bond acceptors (Lipinski definition) is 2. The first-order chi connectivity index (χ1) is 10.2. The Labute approximate surface area is 125 Å². The van der Waals surface area contributed by atoms with Gasteiger partial charge < -0.3 is 10.1 Å². The zero-order valence-corrected chi connectivity index (χ0v) is 12.4. The Morgan fingerprint density at radius 3 is 2.90 bits per heavy atom. The fourth-order valence-electron chi connectivity index (χ4n) is 3.01. The third kappa shape index (κ3) is 2.93. The monoisotopic (exact) mass is 285 g/mol. The number of ether oxygens (including phenoxy) is 1. The lowest BCUT2D eigenvalue weighted by Gasteiger charge is -2.28. The van der Waals surface area contributed by atoms with Crippen molar-refractivity contribution < 1.29 is 9.13 Å². The van der Waals surface area contributed by atoms with E-state index in [1.165, 1.54) is 17.2 Å². The molecule has 1 unspecified atom stereocenters. The van der Waals surface area contributed by atoms with Gasteiger partial charge in [0.25, 0.3) is 0 Å². The Bertz CT molecular complexity index is 654. The molecule has 0 amide bonds. The third-order valence-corrected chi connectivity index (χ3v) is 4.25. The molecule has 0 spiro atoms. The molecule has 110 valence electrons. The molecule has 0 saturated heterocycles. The first-order valence-corrected chi connectivity index (χ1v) is 7.32. The van der Waals surface area contributed by atoms with Gasteiger partial charge in [0.1, 0.15) is 11.6 Å². The summed E-state index contributed by atoms with van der Waals surface area (Å²) < 4.78 is 18.8. The number of hydrogen-bond donors (Lipinski definition) is 1. The smallest absolute Gasteiger partial charge is 0.123 e.